The first kappa shape index (κ1) is 23.6. The van der Waals surface area contributed by atoms with Gasteiger partial charge in [0.05, 0.1) is 5.25 Å². The predicted octanol–water partition coefficient (Wildman–Crippen LogP) is 2.15. The van der Waals surface area contributed by atoms with Crippen molar-refractivity contribution < 1.29 is 33.8 Å². The van der Waals surface area contributed by atoms with Gasteiger partial charge in [-0.2, -0.15) is 0 Å². The van der Waals surface area contributed by atoms with Crippen LogP contribution in [0.5, 0.6) is 11.5 Å². The van der Waals surface area contributed by atoms with Crippen LogP contribution in [-0.2, 0) is 32.0 Å². The van der Waals surface area contributed by atoms with Crippen LogP contribution in [-0.4, -0.2) is 52.6 Å². The van der Waals surface area contributed by atoms with Crippen molar-refractivity contribution in [1.82, 2.24) is 5.32 Å². The maximum Gasteiger partial charge on any atom is 0.323 e. The molecule has 2 amide bonds. The second kappa shape index (κ2) is 10.2. The van der Waals surface area contributed by atoms with Gasteiger partial charge < -0.3 is 19.9 Å². The lowest BCUT2D eigenvalue weighted by Gasteiger charge is -2.26. The molecule has 9 nitrogen and oxygen atoms in total. The third-order valence-electron chi connectivity index (χ3n) is 5.62. The number of nitrogens with zero attached hydrogens (tertiary/aromatic N) is 1. The summed E-state index contributed by atoms with van der Waals surface area (Å²) in [6.45, 7) is 1.00. The topological polar surface area (TPSA) is 122 Å². The molecule has 2 aliphatic heterocycles. The van der Waals surface area contributed by atoms with E-state index >= 15 is 0 Å². The van der Waals surface area contributed by atoms with Gasteiger partial charge in [-0.05, 0) is 48.6 Å². The lowest BCUT2D eigenvalue weighted by atomic mass is 10.0. The molecule has 0 saturated carbocycles. The zero-order valence-electron chi connectivity index (χ0n) is 18.5. The Morgan fingerprint density at radius 1 is 1.18 bits per heavy atom. The number of hydrogen-bond acceptors (Lipinski definition) is 7. The van der Waals surface area contributed by atoms with E-state index in [1.807, 2.05) is 12.1 Å². The standard InChI is InChI=1S/C24H24N2O7S/c1-14(27)34-21(11-15-6-9-19-20(10-15)33-13-32-19)23(30)25-17-8-7-16-4-2-3-5-18(16)26(24(17)31)12-22(28)29/h2-6,9-10,17,21H,7-8,11-13H2,1H3,(H,25,30)(H,28,29)/t17-,21?/m0/s1. The van der Waals surface area contributed by atoms with Crippen molar-refractivity contribution in [2.45, 2.75) is 37.5 Å². The zero-order valence-corrected chi connectivity index (χ0v) is 19.3. The Labute approximate surface area is 200 Å². The lowest BCUT2D eigenvalue weighted by molar-refractivity contribution is -0.137. The van der Waals surface area contributed by atoms with Gasteiger partial charge in [-0.1, -0.05) is 36.0 Å². The SMILES string of the molecule is CC(=O)SC(Cc1ccc2c(c1)OCO2)C(=O)N[C@H]1CCc2ccccc2N(CC(=O)O)C1=O. The molecule has 0 bridgehead atoms. The quantitative estimate of drug-likeness (QED) is 0.613. The molecule has 2 aliphatic rings. The number of carboxylic acids is 1. The van der Waals surface area contributed by atoms with E-state index in [2.05, 4.69) is 5.32 Å². The van der Waals surface area contributed by atoms with E-state index in [1.54, 1.807) is 30.3 Å². The number of nitrogens with one attached hydrogen (secondary N) is 1. The molecule has 0 spiro atoms. The number of rotatable bonds is 7. The van der Waals surface area contributed by atoms with E-state index in [0.29, 0.717) is 30.0 Å². The second-order valence-corrected chi connectivity index (χ2v) is 9.42. The fourth-order valence-electron chi connectivity index (χ4n) is 4.08. The molecule has 178 valence electrons. The zero-order chi connectivity index (χ0) is 24.2. The highest BCUT2D eigenvalue weighted by Gasteiger charge is 2.34. The number of carbonyl (C=O) groups excluding carboxylic acids is 3. The summed E-state index contributed by atoms with van der Waals surface area (Å²) in [5, 5.41) is 11.1. The molecule has 0 aromatic heterocycles. The van der Waals surface area contributed by atoms with Crippen molar-refractivity contribution >= 4 is 40.3 Å². The Balaban J connectivity index is 1.52. The Bertz CT molecular complexity index is 1140. The highest BCUT2D eigenvalue weighted by atomic mass is 32.2. The number of ether oxygens (including phenoxy) is 2. The number of hydrogen-bond donors (Lipinski definition) is 2. The average Bonchev–Trinajstić information content (AvgIpc) is 3.22. The molecule has 4 rings (SSSR count). The minimum absolute atomic E-state index is 0.129. The maximum absolute atomic E-state index is 13.3. The van der Waals surface area contributed by atoms with Gasteiger partial charge >= 0.3 is 5.97 Å². The van der Waals surface area contributed by atoms with Gasteiger partial charge in [0, 0.05) is 12.6 Å². The number of aryl methyl sites for hydroxylation is 1. The summed E-state index contributed by atoms with van der Waals surface area (Å²) in [5.41, 5.74) is 2.15. The normalized spacial score (nSPS) is 17.5. The number of benzene rings is 2. The van der Waals surface area contributed by atoms with Gasteiger partial charge in [0.15, 0.2) is 16.6 Å². The van der Waals surface area contributed by atoms with Gasteiger partial charge in [-0.25, -0.2) is 0 Å². The van der Waals surface area contributed by atoms with Gasteiger partial charge in [0.2, 0.25) is 18.6 Å². The van der Waals surface area contributed by atoms with Gasteiger partial charge in [-0.3, -0.25) is 24.1 Å². The van der Waals surface area contributed by atoms with Crippen LogP contribution in [0, 0.1) is 0 Å². The Morgan fingerprint density at radius 2 is 1.94 bits per heavy atom. The first-order valence-electron chi connectivity index (χ1n) is 10.8. The number of carboxylic acid groups (broad SMARTS) is 1. The highest BCUT2D eigenvalue weighted by Crippen LogP contribution is 2.34. The third-order valence-corrected chi connectivity index (χ3v) is 6.61. The maximum atomic E-state index is 13.3. The smallest absolute Gasteiger partial charge is 0.323 e. The lowest BCUT2D eigenvalue weighted by Crippen LogP contribution is -2.51. The summed E-state index contributed by atoms with van der Waals surface area (Å²) < 4.78 is 10.7. The van der Waals surface area contributed by atoms with E-state index in [-0.39, 0.29) is 18.3 Å². The molecule has 2 N–H and O–H groups in total. The largest absolute Gasteiger partial charge is 0.480 e. The molecule has 0 fully saturated rings. The van der Waals surface area contributed by atoms with Crippen LogP contribution in [0.1, 0.15) is 24.5 Å². The monoisotopic (exact) mass is 484 g/mol. The van der Waals surface area contributed by atoms with Gasteiger partial charge in [-0.15, -0.1) is 0 Å². The van der Waals surface area contributed by atoms with Crippen molar-refractivity contribution in [2.75, 3.05) is 18.2 Å². The number of thioether (sulfide) groups is 1. The van der Waals surface area contributed by atoms with Crippen molar-refractivity contribution in [3.05, 3.63) is 53.6 Å². The molecule has 10 heteroatoms. The summed E-state index contributed by atoms with van der Waals surface area (Å²) in [6.07, 6.45) is 1.06. The van der Waals surface area contributed by atoms with Crippen LogP contribution in [0.3, 0.4) is 0 Å². The molecule has 0 aliphatic carbocycles. The number of fused-ring (bicyclic) bond motifs is 2. The Hall–Kier alpha value is -3.53. The minimum atomic E-state index is -1.15. The summed E-state index contributed by atoms with van der Waals surface area (Å²) in [7, 11) is 0. The fourth-order valence-corrected chi connectivity index (χ4v) is 4.93. The van der Waals surface area contributed by atoms with Crippen LogP contribution >= 0.6 is 11.8 Å². The second-order valence-electron chi connectivity index (χ2n) is 8.04. The molecule has 2 aromatic carbocycles. The van der Waals surface area contributed by atoms with Crippen molar-refractivity contribution in [3.63, 3.8) is 0 Å². The molecule has 0 radical (unpaired) electrons. The van der Waals surface area contributed by atoms with E-state index < -0.39 is 35.6 Å². The molecule has 2 aromatic rings. The predicted molar refractivity (Wildman–Crippen MR) is 125 cm³/mol. The molecule has 2 atom stereocenters. The first-order valence-corrected chi connectivity index (χ1v) is 11.7. The fraction of sp³-hybridized carbons (Fsp3) is 0.333. The first-order chi connectivity index (χ1) is 16.3. The van der Waals surface area contributed by atoms with Crippen LogP contribution in [0.15, 0.2) is 42.5 Å². The van der Waals surface area contributed by atoms with E-state index in [4.69, 9.17) is 9.47 Å². The Kier molecular flexibility index (Phi) is 7.06. The molecule has 1 unspecified atom stereocenters. The van der Waals surface area contributed by atoms with Crippen molar-refractivity contribution in [3.8, 4) is 11.5 Å². The molecular formula is C24H24N2O7S. The van der Waals surface area contributed by atoms with Crippen LogP contribution in [0.25, 0.3) is 0 Å². The summed E-state index contributed by atoms with van der Waals surface area (Å²) in [5.74, 6) is -0.910. The van der Waals surface area contributed by atoms with Crippen LogP contribution < -0.4 is 19.7 Å². The summed E-state index contributed by atoms with van der Waals surface area (Å²) in [6, 6.07) is 11.5. The number of anilines is 1. The van der Waals surface area contributed by atoms with Crippen molar-refractivity contribution in [2.24, 2.45) is 0 Å². The third kappa shape index (κ3) is 5.33. The average molecular weight is 485 g/mol. The van der Waals surface area contributed by atoms with Crippen molar-refractivity contribution in [1.29, 1.82) is 0 Å². The van der Waals surface area contributed by atoms with Gasteiger partial charge in [0.1, 0.15) is 12.6 Å². The minimum Gasteiger partial charge on any atom is -0.480 e. The van der Waals surface area contributed by atoms with Crippen LogP contribution in [0.2, 0.25) is 0 Å². The van der Waals surface area contributed by atoms with Crippen LogP contribution in [0.4, 0.5) is 5.69 Å². The molecule has 34 heavy (non-hydrogen) atoms. The highest BCUT2D eigenvalue weighted by molar-refractivity contribution is 8.14. The number of para-hydroxylation sites is 1. The van der Waals surface area contributed by atoms with E-state index in [9.17, 15) is 24.3 Å². The number of carbonyl (C=O) groups is 4. The van der Waals surface area contributed by atoms with E-state index in [1.165, 1.54) is 11.8 Å². The molecule has 2 heterocycles. The summed E-state index contributed by atoms with van der Waals surface area (Å²) in [4.78, 5) is 51.0. The number of amides is 2. The number of aliphatic carboxylic acids is 1. The van der Waals surface area contributed by atoms with E-state index in [0.717, 1.165) is 22.9 Å². The van der Waals surface area contributed by atoms with Gasteiger partial charge in [0.25, 0.3) is 0 Å². The Morgan fingerprint density at radius 3 is 2.71 bits per heavy atom. The molecule has 0 saturated heterocycles. The molecular weight excluding hydrogens is 460 g/mol. The summed E-state index contributed by atoms with van der Waals surface area (Å²) >= 11 is 0.888.